The van der Waals surface area contributed by atoms with Crippen LogP contribution in [0.3, 0.4) is 0 Å². The number of nitrogens with zero attached hydrogens (tertiary/aromatic N) is 1. The van der Waals surface area contributed by atoms with Gasteiger partial charge in [0.25, 0.3) is 10.1 Å². The highest BCUT2D eigenvalue weighted by Gasteiger charge is 2.41. The van der Waals surface area contributed by atoms with Crippen LogP contribution in [0.1, 0.15) is 6.92 Å². The van der Waals surface area contributed by atoms with Crippen LogP contribution in [0.15, 0.2) is 0 Å². The van der Waals surface area contributed by atoms with E-state index in [1.165, 1.54) is 0 Å². The molecule has 0 aromatic carbocycles. The Hall–Kier alpha value is -0.290. The lowest BCUT2D eigenvalue weighted by molar-refractivity contribution is -0.393. The molecule has 8 nitrogen and oxygen atoms in total. The monoisotopic (exact) mass is 231 g/mol. The minimum Gasteiger partial charge on any atom is -0.391 e. The molecule has 0 bridgehead atoms. The summed E-state index contributed by atoms with van der Waals surface area (Å²) in [5, 5.41) is 32.8. The average molecular weight is 231 g/mol. The Balaban J connectivity index is 5.07. The first-order chi connectivity index (χ1) is 5.98. The van der Waals surface area contributed by atoms with Gasteiger partial charge >= 0.3 is 6.10 Å². The maximum Gasteiger partial charge on any atom is 0.346 e. The molecule has 0 aromatic heterocycles. The summed E-state index contributed by atoms with van der Waals surface area (Å²) in [6.45, 7) is 1.00. The standard InChI is InChI=1S/C5H13NO7S/c1-3(7)4(14(11,12)13)6(2)5(8,9)10/h3-4,7-10H,1-2H3,(H,11,12,13). The zero-order valence-electron chi connectivity index (χ0n) is 7.56. The molecule has 0 aromatic rings. The van der Waals surface area contributed by atoms with E-state index in [0.717, 1.165) is 14.0 Å². The summed E-state index contributed by atoms with van der Waals surface area (Å²) in [5.41, 5.74) is 0. The second-order valence-electron chi connectivity index (χ2n) is 2.86. The second-order valence-corrected chi connectivity index (χ2v) is 4.37. The third-order valence-corrected chi connectivity index (χ3v) is 2.89. The van der Waals surface area contributed by atoms with Gasteiger partial charge in [0.2, 0.25) is 0 Å². The summed E-state index contributed by atoms with van der Waals surface area (Å²) in [5.74, 6) is 0. The third kappa shape index (κ3) is 3.46. The van der Waals surface area contributed by atoms with Crippen molar-refractivity contribution >= 4 is 10.1 Å². The number of aliphatic hydroxyl groups excluding tert-OH is 1. The molecule has 0 radical (unpaired) electrons. The van der Waals surface area contributed by atoms with Crippen LogP contribution in [-0.2, 0) is 10.1 Å². The summed E-state index contributed by atoms with van der Waals surface area (Å²) in [6, 6.07) is 0. The van der Waals surface area contributed by atoms with Crippen molar-refractivity contribution in [2.75, 3.05) is 7.05 Å². The minimum absolute atomic E-state index is 0.0903. The van der Waals surface area contributed by atoms with Crippen molar-refractivity contribution in [2.45, 2.75) is 24.5 Å². The van der Waals surface area contributed by atoms with Gasteiger partial charge in [0, 0.05) is 0 Å². The first-order valence-electron chi connectivity index (χ1n) is 3.52. The van der Waals surface area contributed by atoms with Crippen LogP contribution in [0, 0.1) is 0 Å². The van der Waals surface area contributed by atoms with Crippen LogP contribution in [-0.4, -0.2) is 62.9 Å². The Morgan fingerprint density at radius 3 is 1.71 bits per heavy atom. The molecule has 86 valence electrons. The Labute approximate surface area is 80.8 Å². The Kier molecular flexibility index (Phi) is 3.98. The lowest BCUT2D eigenvalue weighted by atomic mass is 10.4. The number of aliphatic hydroxyl groups is 4. The smallest absolute Gasteiger partial charge is 0.346 e. The highest BCUT2D eigenvalue weighted by Crippen LogP contribution is 2.15. The Bertz CT molecular complexity index is 279. The van der Waals surface area contributed by atoms with Gasteiger partial charge in [-0.2, -0.15) is 8.42 Å². The highest BCUT2D eigenvalue weighted by molar-refractivity contribution is 7.86. The zero-order chi connectivity index (χ0) is 11.7. The van der Waals surface area contributed by atoms with E-state index in [2.05, 4.69) is 0 Å². The quantitative estimate of drug-likeness (QED) is 0.256. The predicted octanol–water partition coefficient (Wildman–Crippen LogP) is -2.90. The van der Waals surface area contributed by atoms with Crippen LogP contribution in [0.25, 0.3) is 0 Å². The summed E-state index contributed by atoms with van der Waals surface area (Å²) in [6.07, 6.45) is -5.07. The molecule has 0 aliphatic carbocycles. The van der Waals surface area contributed by atoms with E-state index in [1.807, 2.05) is 0 Å². The molecule has 9 heteroatoms. The van der Waals surface area contributed by atoms with Gasteiger partial charge in [-0.15, -0.1) is 0 Å². The molecule has 0 aliphatic rings. The molecule has 0 fully saturated rings. The molecular formula is C5H13NO7S. The van der Waals surface area contributed by atoms with Crippen molar-refractivity contribution in [3.05, 3.63) is 0 Å². The first-order valence-corrected chi connectivity index (χ1v) is 5.02. The van der Waals surface area contributed by atoms with Crippen LogP contribution >= 0.6 is 0 Å². The molecule has 0 saturated carbocycles. The van der Waals surface area contributed by atoms with Crippen LogP contribution in [0.2, 0.25) is 0 Å². The van der Waals surface area contributed by atoms with Crippen molar-refractivity contribution < 1.29 is 33.4 Å². The van der Waals surface area contributed by atoms with Gasteiger partial charge in [-0.05, 0) is 14.0 Å². The normalized spacial score (nSPS) is 18.3. The molecule has 0 spiro atoms. The number of likely N-dealkylation sites (N-methyl/N-ethyl adjacent to an activating group) is 1. The van der Waals surface area contributed by atoms with Gasteiger partial charge < -0.3 is 20.4 Å². The van der Waals surface area contributed by atoms with Crippen molar-refractivity contribution in [2.24, 2.45) is 0 Å². The van der Waals surface area contributed by atoms with Crippen LogP contribution in [0.4, 0.5) is 0 Å². The largest absolute Gasteiger partial charge is 0.391 e. The molecule has 0 saturated heterocycles. The minimum atomic E-state index is -4.75. The fourth-order valence-electron chi connectivity index (χ4n) is 0.943. The lowest BCUT2D eigenvalue weighted by Gasteiger charge is -2.32. The van der Waals surface area contributed by atoms with E-state index in [-0.39, 0.29) is 4.90 Å². The molecule has 2 atom stereocenters. The molecule has 0 heterocycles. The van der Waals surface area contributed by atoms with E-state index < -0.39 is 27.7 Å². The van der Waals surface area contributed by atoms with E-state index in [4.69, 9.17) is 25.0 Å². The van der Waals surface area contributed by atoms with Gasteiger partial charge in [-0.1, -0.05) is 0 Å². The highest BCUT2D eigenvalue weighted by atomic mass is 32.2. The van der Waals surface area contributed by atoms with E-state index in [9.17, 15) is 8.42 Å². The maximum atomic E-state index is 10.7. The maximum absolute atomic E-state index is 10.7. The number of hydrogen-bond donors (Lipinski definition) is 5. The van der Waals surface area contributed by atoms with Crippen LogP contribution in [0.5, 0.6) is 0 Å². The Morgan fingerprint density at radius 1 is 1.29 bits per heavy atom. The SMILES string of the molecule is CC(O)C(N(C)C(O)(O)O)S(=O)(=O)O. The third-order valence-electron chi connectivity index (χ3n) is 1.57. The zero-order valence-corrected chi connectivity index (χ0v) is 8.38. The van der Waals surface area contributed by atoms with Crippen molar-refractivity contribution in [1.82, 2.24) is 4.90 Å². The van der Waals surface area contributed by atoms with E-state index in [0.29, 0.717) is 0 Å². The predicted molar refractivity (Wildman–Crippen MR) is 44.2 cm³/mol. The number of hydrogen-bond acceptors (Lipinski definition) is 7. The molecule has 2 unspecified atom stereocenters. The first kappa shape index (κ1) is 13.7. The molecule has 5 N–H and O–H groups in total. The summed E-state index contributed by atoms with van der Waals surface area (Å²) >= 11 is 0. The lowest BCUT2D eigenvalue weighted by Crippen LogP contribution is -2.57. The van der Waals surface area contributed by atoms with Gasteiger partial charge in [-0.25, -0.2) is 4.90 Å². The van der Waals surface area contributed by atoms with Gasteiger partial charge in [0.05, 0.1) is 6.10 Å². The van der Waals surface area contributed by atoms with Gasteiger partial charge in [0.15, 0.2) is 5.37 Å². The summed E-state index contributed by atoms with van der Waals surface area (Å²) in [7, 11) is -3.95. The topological polar surface area (TPSA) is 139 Å². The molecule has 14 heavy (non-hydrogen) atoms. The van der Waals surface area contributed by atoms with E-state index in [1.54, 1.807) is 0 Å². The Morgan fingerprint density at radius 2 is 1.64 bits per heavy atom. The van der Waals surface area contributed by atoms with Crippen molar-refractivity contribution in [1.29, 1.82) is 0 Å². The summed E-state index contributed by atoms with van der Waals surface area (Å²) in [4.78, 5) is 0.0903. The van der Waals surface area contributed by atoms with Gasteiger partial charge in [0.1, 0.15) is 0 Å². The second kappa shape index (κ2) is 4.06. The van der Waals surface area contributed by atoms with Gasteiger partial charge in [-0.3, -0.25) is 4.55 Å². The van der Waals surface area contributed by atoms with Crippen molar-refractivity contribution in [3.8, 4) is 0 Å². The van der Waals surface area contributed by atoms with Crippen LogP contribution < -0.4 is 0 Å². The number of rotatable bonds is 4. The fourth-order valence-corrected chi connectivity index (χ4v) is 1.98. The molecule has 0 aliphatic heterocycles. The molecule has 0 rings (SSSR count). The van der Waals surface area contributed by atoms with E-state index >= 15 is 0 Å². The average Bonchev–Trinajstić information content (AvgIpc) is 1.79. The fraction of sp³-hybridized carbons (Fsp3) is 1.00. The van der Waals surface area contributed by atoms with Crippen molar-refractivity contribution in [3.63, 3.8) is 0 Å². The summed E-state index contributed by atoms with van der Waals surface area (Å²) < 4.78 is 30.0. The molecular weight excluding hydrogens is 218 g/mol. The molecule has 0 amide bonds.